The molecule has 1 fully saturated rings. The molecule has 1 aromatic rings. The fraction of sp³-hybridized carbons (Fsp3) is 0.625. The van der Waals surface area contributed by atoms with Gasteiger partial charge in [0.1, 0.15) is 11.5 Å². The highest BCUT2D eigenvalue weighted by Gasteiger charge is 2.20. The molecule has 1 unspecified atom stereocenters. The zero-order valence-corrected chi connectivity index (χ0v) is 12.8. The van der Waals surface area contributed by atoms with E-state index in [2.05, 4.69) is 23.6 Å². The van der Waals surface area contributed by atoms with Crippen molar-refractivity contribution in [3.05, 3.63) is 23.8 Å². The molecule has 20 heavy (non-hydrogen) atoms. The molecule has 1 aliphatic rings. The third-order valence-electron chi connectivity index (χ3n) is 4.31. The van der Waals surface area contributed by atoms with E-state index >= 15 is 0 Å². The van der Waals surface area contributed by atoms with Crippen LogP contribution in [0.3, 0.4) is 0 Å². The number of piperazine rings is 1. The Morgan fingerprint density at radius 2 is 1.95 bits per heavy atom. The molecule has 0 spiro atoms. The summed E-state index contributed by atoms with van der Waals surface area (Å²) in [6, 6.07) is 6.22. The summed E-state index contributed by atoms with van der Waals surface area (Å²) >= 11 is 0. The minimum absolute atomic E-state index is 0.328. The van der Waals surface area contributed by atoms with Crippen LogP contribution < -0.4 is 4.74 Å². The van der Waals surface area contributed by atoms with Gasteiger partial charge in [-0.2, -0.15) is 0 Å². The minimum atomic E-state index is 0.328. The molecule has 1 aliphatic heterocycles. The lowest BCUT2D eigenvalue weighted by molar-refractivity contribution is 0.0958. The lowest BCUT2D eigenvalue weighted by Crippen LogP contribution is -2.48. The van der Waals surface area contributed by atoms with E-state index < -0.39 is 0 Å². The first-order valence-electron chi connectivity index (χ1n) is 7.46. The monoisotopic (exact) mass is 278 g/mol. The van der Waals surface area contributed by atoms with Crippen molar-refractivity contribution in [2.45, 2.75) is 32.9 Å². The van der Waals surface area contributed by atoms with Crippen molar-refractivity contribution >= 4 is 0 Å². The molecule has 1 aromatic carbocycles. The number of nitrogens with zero attached hydrogens (tertiary/aromatic N) is 2. The van der Waals surface area contributed by atoms with Gasteiger partial charge >= 0.3 is 0 Å². The summed E-state index contributed by atoms with van der Waals surface area (Å²) in [4.78, 5) is 4.95. The van der Waals surface area contributed by atoms with Crippen molar-refractivity contribution in [1.29, 1.82) is 0 Å². The maximum atomic E-state index is 10.0. The lowest BCUT2D eigenvalue weighted by atomic mass is 10.1. The van der Waals surface area contributed by atoms with Crippen molar-refractivity contribution in [3.63, 3.8) is 0 Å². The van der Waals surface area contributed by atoms with Gasteiger partial charge in [0.2, 0.25) is 0 Å². The smallest absolute Gasteiger partial charge is 0.123 e. The van der Waals surface area contributed by atoms with Gasteiger partial charge in [-0.15, -0.1) is 0 Å². The van der Waals surface area contributed by atoms with Crippen molar-refractivity contribution in [1.82, 2.24) is 9.80 Å². The molecule has 1 heterocycles. The number of phenolic OH excluding ortho intramolecular Hbond substituents is 1. The standard InChI is InChI=1S/C16H26N2O2/c1-4-13(2)18-9-7-17(8-10-18)12-14-5-6-15(20-3)11-16(14)19/h5-6,11,13,19H,4,7-10,12H2,1-3H3. The van der Waals surface area contributed by atoms with E-state index in [0.717, 1.165) is 38.3 Å². The number of hydrogen-bond acceptors (Lipinski definition) is 4. The summed E-state index contributed by atoms with van der Waals surface area (Å²) in [7, 11) is 1.61. The Morgan fingerprint density at radius 1 is 1.25 bits per heavy atom. The van der Waals surface area contributed by atoms with Gasteiger partial charge in [-0.3, -0.25) is 9.80 Å². The second-order valence-electron chi connectivity index (χ2n) is 5.56. The molecule has 4 nitrogen and oxygen atoms in total. The second-order valence-corrected chi connectivity index (χ2v) is 5.56. The van der Waals surface area contributed by atoms with Crippen molar-refractivity contribution < 1.29 is 9.84 Å². The Balaban J connectivity index is 1.89. The highest BCUT2D eigenvalue weighted by Crippen LogP contribution is 2.25. The van der Waals surface area contributed by atoms with Crippen LogP contribution in [0.25, 0.3) is 0 Å². The average Bonchev–Trinajstić information content (AvgIpc) is 2.49. The zero-order chi connectivity index (χ0) is 14.5. The van der Waals surface area contributed by atoms with Crippen LogP contribution >= 0.6 is 0 Å². The van der Waals surface area contributed by atoms with Crippen LogP contribution in [0.1, 0.15) is 25.8 Å². The second kappa shape index (κ2) is 6.95. The van der Waals surface area contributed by atoms with Gasteiger partial charge in [-0.1, -0.05) is 13.0 Å². The van der Waals surface area contributed by atoms with Crippen LogP contribution in [-0.2, 0) is 6.54 Å². The molecule has 1 N–H and O–H groups in total. The number of phenols is 1. The first kappa shape index (κ1) is 15.1. The Hall–Kier alpha value is -1.26. The van der Waals surface area contributed by atoms with Crippen LogP contribution in [-0.4, -0.2) is 54.2 Å². The van der Waals surface area contributed by atoms with Gasteiger partial charge in [-0.25, -0.2) is 0 Å². The SMILES string of the molecule is CCC(C)N1CCN(Cc2ccc(OC)cc2O)CC1. The summed E-state index contributed by atoms with van der Waals surface area (Å²) in [5.41, 5.74) is 0.975. The number of aromatic hydroxyl groups is 1. The van der Waals surface area contributed by atoms with Crippen LogP contribution in [0, 0.1) is 0 Å². The van der Waals surface area contributed by atoms with Crippen molar-refractivity contribution in [2.24, 2.45) is 0 Å². The number of ether oxygens (including phenoxy) is 1. The molecule has 4 heteroatoms. The fourth-order valence-corrected chi connectivity index (χ4v) is 2.67. The Labute approximate surface area is 122 Å². The number of methoxy groups -OCH3 is 1. The molecular formula is C16H26N2O2. The third kappa shape index (κ3) is 3.64. The molecular weight excluding hydrogens is 252 g/mol. The van der Waals surface area contributed by atoms with Crippen LogP contribution in [0.15, 0.2) is 18.2 Å². The lowest BCUT2D eigenvalue weighted by Gasteiger charge is -2.37. The van der Waals surface area contributed by atoms with Gasteiger partial charge in [0.25, 0.3) is 0 Å². The maximum Gasteiger partial charge on any atom is 0.123 e. The summed E-state index contributed by atoms with van der Waals surface area (Å²) in [6.45, 7) is 9.71. The van der Waals surface area contributed by atoms with Gasteiger partial charge in [0.05, 0.1) is 7.11 Å². The predicted molar refractivity (Wildman–Crippen MR) is 81.3 cm³/mol. The average molecular weight is 278 g/mol. The number of benzene rings is 1. The highest BCUT2D eigenvalue weighted by molar-refractivity contribution is 5.39. The molecule has 2 rings (SSSR count). The van der Waals surface area contributed by atoms with Gasteiger partial charge in [0.15, 0.2) is 0 Å². The van der Waals surface area contributed by atoms with E-state index in [9.17, 15) is 5.11 Å². The molecule has 0 saturated carbocycles. The van der Waals surface area contributed by atoms with E-state index in [-0.39, 0.29) is 0 Å². The van der Waals surface area contributed by atoms with Gasteiger partial charge in [0, 0.05) is 50.4 Å². The van der Waals surface area contributed by atoms with Gasteiger partial charge in [-0.05, 0) is 19.4 Å². The molecule has 0 amide bonds. The van der Waals surface area contributed by atoms with E-state index in [4.69, 9.17) is 4.74 Å². The van der Waals surface area contributed by atoms with Crippen LogP contribution in [0.5, 0.6) is 11.5 Å². The predicted octanol–water partition coefficient (Wildman–Crippen LogP) is 2.32. The summed E-state index contributed by atoms with van der Waals surface area (Å²) in [6.07, 6.45) is 1.21. The summed E-state index contributed by atoms with van der Waals surface area (Å²) in [5.74, 6) is 1.03. The van der Waals surface area contributed by atoms with Crippen LogP contribution in [0.4, 0.5) is 0 Å². The molecule has 0 radical (unpaired) electrons. The first-order chi connectivity index (χ1) is 9.63. The van der Waals surface area contributed by atoms with E-state index in [1.807, 2.05) is 12.1 Å². The summed E-state index contributed by atoms with van der Waals surface area (Å²) < 4.78 is 5.11. The molecule has 112 valence electrons. The largest absolute Gasteiger partial charge is 0.507 e. The van der Waals surface area contributed by atoms with E-state index in [1.165, 1.54) is 6.42 Å². The Bertz CT molecular complexity index is 428. The minimum Gasteiger partial charge on any atom is -0.507 e. The number of rotatable bonds is 5. The maximum absolute atomic E-state index is 10.0. The molecule has 0 aromatic heterocycles. The Morgan fingerprint density at radius 3 is 2.50 bits per heavy atom. The topological polar surface area (TPSA) is 35.9 Å². The fourth-order valence-electron chi connectivity index (χ4n) is 2.67. The molecule has 1 atom stereocenters. The van der Waals surface area contributed by atoms with Gasteiger partial charge < -0.3 is 9.84 Å². The summed E-state index contributed by atoms with van der Waals surface area (Å²) in [5, 5.41) is 10.0. The Kier molecular flexibility index (Phi) is 5.26. The van der Waals surface area contributed by atoms with E-state index in [0.29, 0.717) is 17.5 Å². The molecule has 1 saturated heterocycles. The first-order valence-corrected chi connectivity index (χ1v) is 7.46. The third-order valence-corrected chi connectivity index (χ3v) is 4.31. The highest BCUT2D eigenvalue weighted by atomic mass is 16.5. The molecule has 0 aliphatic carbocycles. The van der Waals surface area contributed by atoms with Crippen LogP contribution in [0.2, 0.25) is 0 Å². The van der Waals surface area contributed by atoms with Crippen molar-refractivity contribution in [3.8, 4) is 11.5 Å². The molecule has 0 bridgehead atoms. The van der Waals surface area contributed by atoms with Crippen molar-refractivity contribution in [2.75, 3.05) is 33.3 Å². The quantitative estimate of drug-likeness (QED) is 0.896. The number of hydrogen-bond donors (Lipinski definition) is 1. The zero-order valence-electron chi connectivity index (χ0n) is 12.8. The van der Waals surface area contributed by atoms with E-state index in [1.54, 1.807) is 13.2 Å². The normalized spacial score (nSPS) is 18.9.